The van der Waals surface area contributed by atoms with Gasteiger partial charge < -0.3 is 9.64 Å². The molecule has 0 spiro atoms. The summed E-state index contributed by atoms with van der Waals surface area (Å²) in [5, 5.41) is 0. The third-order valence-electron chi connectivity index (χ3n) is 4.39. The molecule has 1 saturated heterocycles. The van der Waals surface area contributed by atoms with Crippen molar-refractivity contribution in [2.45, 2.75) is 40.0 Å². The standard InChI is InChI=1S/C17H25NO2/c1-4-15-7-9-18(10-8-15)17(19)12-20-16-6-5-13(2)14(3)11-16/h5-6,11,15H,4,7-10,12H2,1-3H3. The minimum absolute atomic E-state index is 0.109. The Morgan fingerprint density at radius 3 is 2.55 bits per heavy atom. The minimum atomic E-state index is 0.109. The van der Waals surface area contributed by atoms with E-state index < -0.39 is 0 Å². The normalized spacial score (nSPS) is 16.2. The smallest absolute Gasteiger partial charge is 0.260 e. The van der Waals surface area contributed by atoms with Crippen molar-refractivity contribution >= 4 is 5.91 Å². The van der Waals surface area contributed by atoms with Crippen LogP contribution in [0.5, 0.6) is 5.75 Å². The highest BCUT2D eigenvalue weighted by molar-refractivity contribution is 5.77. The molecule has 1 aliphatic heterocycles. The van der Waals surface area contributed by atoms with E-state index in [1.165, 1.54) is 17.5 Å². The van der Waals surface area contributed by atoms with E-state index in [0.717, 1.165) is 37.6 Å². The fourth-order valence-electron chi connectivity index (χ4n) is 2.63. The second-order valence-corrected chi connectivity index (χ2v) is 5.77. The van der Waals surface area contributed by atoms with Crippen molar-refractivity contribution in [2.24, 2.45) is 5.92 Å². The first-order valence-corrected chi connectivity index (χ1v) is 7.58. The predicted molar refractivity (Wildman–Crippen MR) is 81.0 cm³/mol. The molecule has 1 fully saturated rings. The first-order valence-electron chi connectivity index (χ1n) is 7.58. The van der Waals surface area contributed by atoms with E-state index in [2.05, 4.69) is 20.8 Å². The summed E-state index contributed by atoms with van der Waals surface area (Å²) in [6, 6.07) is 5.95. The molecule has 0 N–H and O–H groups in total. The average molecular weight is 275 g/mol. The maximum Gasteiger partial charge on any atom is 0.260 e. The van der Waals surface area contributed by atoms with Gasteiger partial charge in [0, 0.05) is 13.1 Å². The van der Waals surface area contributed by atoms with E-state index in [0.29, 0.717) is 0 Å². The van der Waals surface area contributed by atoms with Gasteiger partial charge in [0.1, 0.15) is 5.75 Å². The molecule has 0 bridgehead atoms. The van der Waals surface area contributed by atoms with Gasteiger partial charge in [0.15, 0.2) is 6.61 Å². The summed E-state index contributed by atoms with van der Waals surface area (Å²) >= 11 is 0. The Morgan fingerprint density at radius 1 is 1.25 bits per heavy atom. The number of carbonyl (C=O) groups excluding carboxylic acids is 1. The zero-order chi connectivity index (χ0) is 14.5. The minimum Gasteiger partial charge on any atom is -0.484 e. The Balaban J connectivity index is 1.81. The Morgan fingerprint density at radius 2 is 1.95 bits per heavy atom. The van der Waals surface area contributed by atoms with Crippen LogP contribution >= 0.6 is 0 Å². The second kappa shape index (κ2) is 6.78. The summed E-state index contributed by atoms with van der Waals surface area (Å²) in [5.74, 6) is 1.68. The summed E-state index contributed by atoms with van der Waals surface area (Å²) in [4.78, 5) is 14.1. The zero-order valence-electron chi connectivity index (χ0n) is 12.8. The van der Waals surface area contributed by atoms with Crippen molar-refractivity contribution in [1.29, 1.82) is 0 Å². The molecule has 20 heavy (non-hydrogen) atoms. The van der Waals surface area contributed by atoms with Gasteiger partial charge in [-0.1, -0.05) is 19.4 Å². The molecular weight excluding hydrogens is 250 g/mol. The Hall–Kier alpha value is -1.51. The van der Waals surface area contributed by atoms with Gasteiger partial charge in [-0.25, -0.2) is 0 Å². The van der Waals surface area contributed by atoms with E-state index in [9.17, 15) is 4.79 Å². The Bertz CT molecular complexity index is 462. The molecule has 1 aromatic carbocycles. The van der Waals surface area contributed by atoms with Crippen LogP contribution in [0.15, 0.2) is 18.2 Å². The molecule has 0 radical (unpaired) electrons. The molecule has 1 aliphatic rings. The van der Waals surface area contributed by atoms with Crippen LogP contribution in [0.1, 0.15) is 37.3 Å². The van der Waals surface area contributed by atoms with Crippen molar-refractivity contribution in [2.75, 3.05) is 19.7 Å². The van der Waals surface area contributed by atoms with E-state index in [1.54, 1.807) is 0 Å². The van der Waals surface area contributed by atoms with Gasteiger partial charge >= 0.3 is 0 Å². The summed E-state index contributed by atoms with van der Waals surface area (Å²) in [6.45, 7) is 8.27. The third-order valence-corrected chi connectivity index (χ3v) is 4.39. The van der Waals surface area contributed by atoms with Crippen LogP contribution in [0.3, 0.4) is 0 Å². The van der Waals surface area contributed by atoms with E-state index in [-0.39, 0.29) is 12.5 Å². The molecule has 1 heterocycles. The van der Waals surface area contributed by atoms with Crippen LogP contribution in [0.4, 0.5) is 0 Å². The number of carbonyl (C=O) groups is 1. The first kappa shape index (κ1) is 14.9. The fraction of sp³-hybridized carbons (Fsp3) is 0.588. The molecule has 3 nitrogen and oxygen atoms in total. The molecule has 0 saturated carbocycles. The SMILES string of the molecule is CCC1CCN(C(=O)COc2ccc(C)c(C)c2)CC1. The van der Waals surface area contributed by atoms with Crippen LogP contribution < -0.4 is 4.74 Å². The van der Waals surface area contributed by atoms with Gasteiger partial charge in [-0.2, -0.15) is 0 Å². The highest BCUT2D eigenvalue weighted by atomic mass is 16.5. The first-order chi connectivity index (χ1) is 9.60. The van der Waals surface area contributed by atoms with Crippen LogP contribution in [-0.2, 0) is 4.79 Å². The summed E-state index contributed by atoms with van der Waals surface area (Å²) < 4.78 is 5.62. The number of amides is 1. The number of ether oxygens (including phenoxy) is 1. The van der Waals surface area contributed by atoms with Crippen molar-refractivity contribution in [1.82, 2.24) is 4.90 Å². The van der Waals surface area contributed by atoms with Crippen molar-refractivity contribution in [3.8, 4) is 5.75 Å². The topological polar surface area (TPSA) is 29.5 Å². The van der Waals surface area contributed by atoms with E-state index in [1.807, 2.05) is 23.1 Å². The number of piperidine rings is 1. The summed E-state index contributed by atoms with van der Waals surface area (Å²) in [7, 11) is 0. The molecule has 0 unspecified atom stereocenters. The zero-order valence-corrected chi connectivity index (χ0v) is 12.8. The maximum atomic E-state index is 12.1. The lowest BCUT2D eigenvalue weighted by atomic mass is 9.94. The van der Waals surface area contributed by atoms with Crippen LogP contribution in [-0.4, -0.2) is 30.5 Å². The molecule has 2 rings (SSSR count). The highest BCUT2D eigenvalue weighted by Crippen LogP contribution is 2.20. The van der Waals surface area contributed by atoms with Gasteiger partial charge in [-0.3, -0.25) is 4.79 Å². The Kier molecular flexibility index (Phi) is 5.05. The third kappa shape index (κ3) is 3.75. The van der Waals surface area contributed by atoms with Crippen molar-refractivity contribution < 1.29 is 9.53 Å². The number of aryl methyl sites for hydroxylation is 2. The summed E-state index contributed by atoms with van der Waals surface area (Å²) in [5.41, 5.74) is 2.43. The number of hydrogen-bond acceptors (Lipinski definition) is 2. The van der Waals surface area contributed by atoms with Crippen LogP contribution in [0.25, 0.3) is 0 Å². The van der Waals surface area contributed by atoms with Gasteiger partial charge in [0.2, 0.25) is 0 Å². The number of hydrogen-bond donors (Lipinski definition) is 0. The van der Waals surface area contributed by atoms with Crippen molar-refractivity contribution in [3.63, 3.8) is 0 Å². The largest absolute Gasteiger partial charge is 0.484 e. The fourth-order valence-corrected chi connectivity index (χ4v) is 2.63. The van der Waals surface area contributed by atoms with Crippen LogP contribution in [0.2, 0.25) is 0 Å². The predicted octanol–water partition coefficient (Wildman–Crippen LogP) is 3.33. The lowest BCUT2D eigenvalue weighted by molar-refractivity contribution is -0.134. The molecular formula is C17H25NO2. The molecule has 3 heteroatoms. The summed E-state index contributed by atoms with van der Waals surface area (Å²) in [6.07, 6.45) is 3.49. The van der Waals surface area contributed by atoms with E-state index >= 15 is 0 Å². The number of rotatable bonds is 4. The quantitative estimate of drug-likeness (QED) is 0.843. The lowest BCUT2D eigenvalue weighted by Crippen LogP contribution is -2.40. The molecule has 0 aliphatic carbocycles. The Labute approximate surface area is 121 Å². The average Bonchev–Trinajstić information content (AvgIpc) is 2.48. The highest BCUT2D eigenvalue weighted by Gasteiger charge is 2.21. The number of benzene rings is 1. The van der Waals surface area contributed by atoms with E-state index in [4.69, 9.17) is 4.74 Å². The van der Waals surface area contributed by atoms with Gasteiger partial charge in [0.05, 0.1) is 0 Å². The van der Waals surface area contributed by atoms with Gasteiger partial charge in [0.25, 0.3) is 5.91 Å². The molecule has 0 aromatic heterocycles. The van der Waals surface area contributed by atoms with Gasteiger partial charge in [-0.15, -0.1) is 0 Å². The van der Waals surface area contributed by atoms with Gasteiger partial charge in [-0.05, 0) is 55.9 Å². The number of likely N-dealkylation sites (tertiary alicyclic amines) is 1. The molecule has 1 aromatic rings. The van der Waals surface area contributed by atoms with Crippen molar-refractivity contribution in [3.05, 3.63) is 29.3 Å². The van der Waals surface area contributed by atoms with Crippen LogP contribution in [0, 0.1) is 19.8 Å². The number of nitrogens with zero attached hydrogens (tertiary/aromatic N) is 1. The second-order valence-electron chi connectivity index (χ2n) is 5.77. The maximum absolute atomic E-state index is 12.1. The molecule has 1 amide bonds. The lowest BCUT2D eigenvalue weighted by Gasteiger charge is -2.31. The monoisotopic (exact) mass is 275 g/mol. The molecule has 0 atom stereocenters. The molecule has 110 valence electrons.